The molecule has 1 heterocycles. The lowest BCUT2D eigenvalue weighted by Gasteiger charge is -2.23. The molecule has 1 heteroatoms. The minimum atomic E-state index is -1.76. The second-order valence-corrected chi connectivity index (χ2v) is 19.6. The summed E-state index contributed by atoms with van der Waals surface area (Å²) in [5.74, 6) is 0. The summed E-state index contributed by atoms with van der Waals surface area (Å²) >= 11 is 0. The summed E-state index contributed by atoms with van der Waals surface area (Å²) in [5, 5.41) is 8.28. The molecule has 1 aliphatic carbocycles. The fourth-order valence-electron chi connectivity index (χ4n) is 9.43. The Hall–Kier alpha value is -5.50. The fourth-order valence-corrected chi connectivity index (χ4v) is 12.5. The van der Waals surface area contributed by atoms with Crippen LogP contribution in [0, 0.1) is 0 Å². The molecule has 0 amide bonds. The molecule has 0 fully saturated rings. The molecule has 8 aromatic carbocycles. The molecule has 0 spiro atoms. The molecule has 50 heavy (non-hydrogen) atoms. The Morgan fingerprint density at radius 1 is 0.360 bits per heavy atom. The van der Waals surface area contributed by atoms with Gasteiger partial charge in [0.15, 0.2) is 0 Å². The van der Waals surface area contributed by atoms with E-state index >= 15 is 0 Å². The summed E-state index contributed by atoms with van der Waals surface area (Å²) in [7, 11) is -1.76. The quantitative estimate of drug-likeness (QED) is 0.131. The average Bonchev–Trinajstić information content (AvgIpc) is 3.53. The lowest BCUT2D eigenvalue weighted by Crippen LogP contribution is -2.49. The van der Waals surface area contributed by atoms with Gasteiger partial charge in [-0.1, -0.05) is 173 Å². The lowest BCUT2D eigenvalue weighted by atomic mass is 9.80. The second kappa shape index (κ2) is 10.5. The normalized spacial score (nSPS) is 14.7. The Kier molecular flexibility index (Phi) is 6.18. The second-order valence-electron chi connectivity index (χ2n) is 15.3. The van der Waals surface area contributed by atoms with Crippen LogP contribution in [0.1, 0.15) is 25.0 Å². The first-order chi connectivity index (χ1) is 24.3. The molecule has 0 atom stereocenters. The van der Waals surface area contributed by atoms with Crippen LogP contribution < -0.4 is 10.4 Å². The molecular weight excluding hydrogens is 617 g/mol. The van der Waals surface area contributed by atoms with Crippen molar-refractivity contribution in [2.45, 2.75) is 32.4 Å². The van der Waals surface area contributed by atoms with Gasteiger partial charge in [0.05, 0.1) is 0 Å². The molecule has 0 saturated carbocycles. The van der Waals surface area contributed by atoms with Crippen LogP contribution in [0.5, 0.6) is 0 Å². The number of rotatable bonds is 3. The van der Waals surface area contributed by atoms with Crippen molar-refractivity contribution in [3.05, 3.63) is 169 Å². The highest BCUT2D eigenvalue weighted by Gasteiger charge is 2.38. The number of benzene rings is 8. The van der Waals surface area contributed by atoms with E-state index in [1.54, 1.807) is 10.4 Å². The predicted molar refractivity (Wildman–Crippen MR) is 218 cm³/mol. The highest BCUT2D eigenvalue weighted by atomic mass is 28.3. The van der Waals surface area contributed by atoms with Crippen LogP contribution >= 0.6 is 0 Å². The molecule has 0 radical (unpaired) electrons. The first-order valence-corrected chi connectivity index (χ1v) is 20.9. The maximum atomic E-state index is 2.50. The van der Waals surface area contributed by atoms with Crippen LogP contribution in [-0.2, 0) is 5.41 Å². The topological polar surface area (TPSA) is 0 Å². The first kappa shape index (κ1) is 29.4. The van der Waals surface area contributed by atoms with E-state index in [0.29, 0.717) is 0 Å². The van der Waals surface area contributed by atoms with Gasteiger partial charge in [0.25, 0.3) is 0 Å². The van der Waals surface area contributed by atoms with Crippen LogP contribution in [0.25, 0.3) is 77.2 Å². The average molecular weight is 655 g/mol. The van der Waals surface area contributed by atoms with E-state index in [1.165, 1.54) is 88.3 Å². The van der Waals surface area contributed by atoms with Gasteiger partial charge in [-0.3, -0.25) is 0 Å². The maximum Gasteiger partial charge on any atom is 0.113 e. The smallest absolute Gasteiger partial charge is 0.0623 e. The van der Waals surface area contributed by atoms with Crippen LogP contribution in [0.4, 0.5) is 0 Å². The van der Waals surface area contributed by atoms with Gasteiger partial charge >= 0.3 is 0 Å². The van der Waals surface area contributed by atoms with Crippen molar-refractivity contribution in [1.82, 2.24) is 0 Å². The van der Waals surface area contributed by atoms with Gasteiger partial charge in [-0.2, -0.15) is 0 Å². The molecule has 8 aromatic rings. The Morgan fingerprint density at radius 3 is 1.78 bits per heavy atom. The molecule has 10 rings (SSSR count). The summed E-state index contributed by atoms with van der Waals surface area (Å²) in [5.41, 5.74) is 16.0. The lowest BCUT2D eigenvalue weighted by molar-refractivity contribution is 0.660. The third-order valence-corrected chi connectivity index (χ3v) is 15.4. The number of hydrogen-bond donors (Lipinski definition) is 0. The SMILES string of the molecule is CC1(C)c2ccccc2-c2c(-c3c4ccccc4c(-c4ccc5c(c4)-c4ccccc4[Si]5(C)C)c4ccc(-c5ccccc5)cc34)cccc21. The van der Waals surface area contributed by atoms with Crippen LogP contribution in [0.2, 0.25) is 13.1 Å². The Labute approximate surface area is 295 Å². The van der Waals surface area contributed by atoms with E-state index in [-0.39, 0.29) is 5.41 Å². The van der Waals surface area contributed by atoms with E-state index < -0.39 is 8.07 Å². The molecule has 0 aromatic heterocycles. The molecule has 0 bridgehead atoms. The summed E-state index contributed by atoms with van der Waals surface area (Å²) < 4.78 is 0. The third-order valence-electron chi connectivity index (χ3n) is 11.9. The minimum Gasteiger partial charge on any atom is -0.0623 e. The predicted octanol–water partition coefficient (Wildman–Crippen LogP) is 12.1. The first-order valence-electron chi connectivity index (χ1n) is 17.9. The van der Waals surface area contributed by atoms with E-state index in [0.717, 1.165) is 0 Å². The van der Waals surface area contributed by atoms with Crippen molar-refractivity contribution in [1.29, 1.82) is 0 Å². The fraction of sp³-hybridized carbons (Fsp3) is 0.102. The summed E-state index contributed by atoms with van der Waals surface area (Å²) in [4.78, 5) is 0. The molecular formula is C49H38Si. The molecule has 0 nitrogen and oxygen atoms in total. The highest BCUT2D eigenvalue weighted by Crippen LogP contribution is 2.54. The molecule has 238 valence electrons. The largest absolute Gasteiger partial charge is 0.113 e. The highest BCUT2D eigenvalue weighted by molar-refractivity contribution is 7.03. The number of fused-ring (bicyclic) bond motifs is 8. The van der Waals surface area contributed by atoms with E-state index in [2.05, 4.69) is 185 Å². The zero-order valence-corrected chi connectivity index (χ0v) is 30.0. The zero-order valence-electron chi connectivity index (χ0n) is 29.0. The summed E-state index contributed by atoms with van der Waals surface area (Å²) in [6.45, 7) is 9.76. The van der Waals surface area contributed by atoms with Crippen molar-refractivity contribution < 1.29 is 0 Å². The van der Waals surface area contributed by atoms with Crippen LogP contribution in [0.3, 0.4) is 0 Å². The van der Waals surface area contributed by atoms with Crippen molar-refractivity contribution in [2.75, 3.05) is 0 Å². The number of hydrogen-bond acceptors (Lipinski definition) is 0. The van der Waals surface area contributed by atoms with Crippen molar-refractivity contribution in [2.24, 2.45) is 0 Å². The Bertz CT molecular complexity index is 2690. The maximum absolute atomic E-state index is 2.50. The molecule has 0 saturated heterocycles. The third kappa shape index (κ3) is 3.99. The van der Waals surface area contributed by atoms with E-state index in [9.17, 15) is 0 Å². The van der Waals surface area contributed by atoms with Crippen LogP contribution in [-0.4, -0.2) is 8.07 Å². The summed E-state index contributed by atoms with van der Waals surface area (Å²) in [6.07, 6.45) is 0. The van der Waals surface area contributed by atoms with Gasteiger partial charge in [0.1, 0.15) is 8.07 Å². The van der Waals surface area contributed by atoms with Gasteiger partial charge in [0.2, 0.25) is 0 Å². The van der Waals surface area contributed by atoms with Gasteiger partial charge in [-0.05, 0) is 111 Å². The van der Waals surface area contributed by atoms with Crippen molar-refractivity contribution >= 4 is 40.0 Å². The Balaban J connectivity index is 1.33. The monoisotopic (exact) mass is 654 g/mol. The Morgan fingerprint density at radius 2 is 0.960 bits per heavy atom. The molecule has 0 unspecified atom stereocenters. The van der Waals surface area contributed by atoms with E-state index in [4.69, 9.17) is 0 Å². The van der Waals surface area contributed by atoms with E-state index in [1.807, 2.05) is 0 Å². The minimum absolute atomic E-state index is 0.0690. The van der Waals surface area contributed by atoms with Gasteiger partial charge < -0.3 is 0 Å². The summed E-state index contributed by atoms with van der Waals surface area (Å²) in [6, 6.07) is 59.7. The zero-order chi connectivity index (χ0) is 33.8. The van der Waals surface area contributed by atoms with Gasteiger partial charge in [-0.25, -0.2) is 0 Å². The molecule has 1 aliphatic heterocycles. The van der Waals surface area contributed by atoms with Gasteiger partial charge in [0, 0.05) is 5.41 Å². The van der Waals surface area contributed by atoms with Gasteiger partial charge in [-0.15, -0.1) is 0 Å². The van der Waals surface area contributed by atoms with Crippen molar-refractivity contribution in [3.8, 4) is 55.6 Å². The molecule has 2 aliphatic rings. The van der Waals surface area contributed by atoms with Crippen LogP contribution in [0.15, 0.2) is 158 Å². The van der Waals surface area contributed by atoms with Crippen molar-refractivity contribution in [3.63, 3.8) is 0 Å². The standard InChI is InChI=1S/C49H38Si/c1-49(2)42-22-12-10-20-38(42)48-39(21-14-23-43(48)49)47-36-19-9-8-18-35(36)46(37-27-25-32(29-41(37)47)31-15-6-5-7-16-31)33-26-28-45-40(30-33)34-17-11-13-24-44(34)50(45,3)4/h5-30H,1-4H3. The molecule has 0 N–H and O–H groups in total.